The van der Waals surface area contributed by atoms with Gasteiger partial charge in [0, 0.05) is 5.54 Å². The van der Waals surface area contributed by atoms with E-state index >= 15 is 0 Å². The van der Waals surface area contributed by atoms with Crippen molar-refractivity contribution in [3.63, 3.8) is 0 Å². The Kier molecular flexibility index (Phi) is 4.09. The molecule has 2 aromatic carbocycles. The zero-order valence-corrected chi connectivity index (χ0v) is 12.3. The van der Waals surface area contributed by atoms with E-state index in [-0.39, 0.29) is 11.4 Å². The van der Waals surface area contributed by atoms with Crippen molar-refractivity contribution >= 4 is 16.7 Å². The highest BCUT2D eigenvalue weighted by Crippen LogP contribution is 2.16. The van der Waals surface area contributed by atoms with Crippen LogP contribution in [0.15, 0.2) is 42.5 Å². The highest BCUT2D eigenvalue weighted by atomic mass is 16.2. The molecule has 0 aliphatic carbocycles. The van der Waals surface area contributed by atoms with Crippen LogP contribution in [0, 0.1) is 0 Å². The van der Waals surface area contributed by atoms with Crippen molar-refractivity contribution in [1.82, 2.24) is 5.32 Å². The van der Waals surface area contributed by atoms with Crippen LogP contribution in [-0.2, 0) is 11.2 Å². The monoisotopic (exact) mass is 270 g/mol. The maximum atomic E-state index is 12.0. The Hall–Kier alpha value is -1.87. The summed E-state index contributed by atoms with van der Waals surface area (Å²) < 4.78 is 0. The van der Waals surface area contributed by atoms with E-state index in [1.807, 2.05) is 39.0 Å². The minimum Gasteiger partial charge on any atom is -0.350 e. The number of carbonyl (C=O) groups excluding carboxylic acids is 1. The first-order chi connectivity index (χ1) is 9.35. The van der Waals surface area contributed by atoms with Gasteiger partial charge in [-0.1, -0.05) is 42.5 Å². The van der Waals surface area contributed by atoms with E-state index in [1.54, 1.807) is 0 Å². The number of amides is 1. The normalized spacial score (nSPS) is 13.2. The molecule has 0 radical (unpaired) electrons. The van der Waals surface area contributed by atoms with Gasteiger partial charge in [0.15, 0.2) is 0 Å². The largest absolute Gasteiger partial charge is 0.350 e. The first-order valence-corrected chi connectivity index (χ1v) is 6.90. The van der Waals surface area contributed by atoms with Crippen LogP contribution in [0.3, 0.4) is 0 Å². The van der Waals surface area contributed by atoms with Crippen LogP contribution in [0.4, 0.5) is 0 Å². The lowest BCUT2D eigenvalue weighted by atomic mass is 10.0. The molecule has 0 saturated heterocycles. The number of benzene rings is 2. The average molecular weight is 270 g/mol. The molecule has 3 N–H and O–H groups in total. The molecule has 20 heavy (non-hydrogen) atoms. The van der Waals surface area contributed by atoms with Gasteiger partial charge in [0.2, 0.25) is 5.91 Å². The van der Waals surface area contributed by atoms with Gasteiger partial charge >= 0.3 is 0 Å². The van der Waals surface area contributed by atoms with Crippen LogP contribution in [0.25, 0.3) is 10.8 Å². The van der Waals surface area contributed by atoms with E-state index in [4.69, 9.17) is 5.73 Å². The van der Waals surface area contributed by atoms with Gasteiger partial charge in [0.1, 0.15) is 0 Å². The molecule has 106 valence electrons. The van der Waals surface area contributed by atoms with Gasteiger partial charge in [-0.25, -0.2) is 0 Å². The van der Waals surface area contributed by atoms with Crippen molar-refractivity contribution < 1.29 is 4.79 Å². The van der Waals surface area contributed by atoms with Gasteiger partial charge < -0.3 is 11.1 Å². The number of carbonyl (C=O) groups is 1. The number of rotatable bonds is 3. The smallest absolute Gasteiger partial charge is 0.237 e. The fourth-order valence-corrected chi connectivity index (χ4v) is 2.17. The van der Waals surface area contributed by atoms with Crippen molar-refractivity contribution in [2.75, 3.05) is 0 Å². The standard InChI is InChI=1S/C17H22N2O/c1-17(2,3)19-16(20)15(18)11-12-8-9-13-6-4-5-7-14(13)10-12/h4-10,15H,11,18H2,1-3H3,(H,19,20). The number of nitrogens with one attached hydrogen (secondary N) is 1. The minimum absolute atomic E-state index is 0.106. The zero-order chi connectivity index (χ0) is 14.8. The Balaban J connectivity index is 2.09. The molecule has 0 spiro atoms. The van der Waals surface area contributed by atoms with Gasteiger partial charge in [-0.15, -0.1) is 0 Å². The molecular formula is C17H22N2O. The van der Waals surface area contributed by atoms with Crippen molar-refractivity contribution in [2.45, 2.75) is 38.8 Å². The summed E-state index contributed by atoms with van der Waals surface area (Å²) in [5.74, 6) is -0.106. The Bertz CT molecular complexity index is 614. The van der Waals surface area contributed by atoms with Gasteiger partial charge in [-0.2, -0.15) is 0 Å². The summed E-state index contributed by atoms with van der Waals surface area (Å²) in [6, 6.07) is 13.9. The van der Waals surface area contributed by atoms with E-state index in [1.165, 1.54) is 10.8 Å². The Morgan fingerprint density at radius 1 is 1.15 bits per heavy atom. The molecule has 2 rings (SSSR count). The third-order valence-corrected chi connectivity index (χ3v) is 3.10. The number of hydrogen-bond donors (Lipinski definition) is 2. The fourth-order valence-electron chi connectivity index (χ4n) is 2.17. The average Bonchev–Trinajstić information content (AvgIpc) is 2.36. The van der Waals surface area contributed by atoms with Gasteiger partial charge in [0.25, 0.3) is 0 Å². The Morgan fingerprint density at radius 3 is 2.45 bits per heavy atom. The van der Waals surface area contributed by atoms with E-state index in [2.05, 4.69) is 29.6 Å². The quantitative estimate of drug-likeness (QED) is 0.900. The summed E-state index contributed by atoms with van der Waals surface area (Å²) in [5, 5.41) is 5.28. The molecule has 3 nitrogen and oxygen atoms in total. The van der Waals surface area contributed by atoms with Crippen molar-refractivity contribution in [1.29, 1.82) is 0 Å². The first kappa shape index (κ1) is 14.5. The third-order valence-electron chi connectivity index (χ3n) is 3.10. The highest BCUT2D eigenvalue weighted by Gasteiger charge is 2.19. The molecule has 1 unspecified atom stereocenters. The molecule has 0 heterocycles. The number of nitrogens with two attached hydrogens (primary N) is 1. The predicted octanol–water partition coefficient (Wildman–Crippen LogP) is 2.62. The lowest BCUT2D eigenvalue weighted by molar-refractivity contribution is -0.123. The number of hydrogen-bond acceptors (Lipinski definition) is 2. The molecule has 2 aromatic rings. The molecule has 0 fully saturated rings. The summed E-state index contributed by atoms with van der Waals surface area (Å²) in [7, 11) is 0. The zero-order valence-electron chi connectivity index (χ0n) is 12.3. The van der Waals surface area contributed by atoms with Gasteiger partial charge in [-0.05, 0) is 43.5 Å². The molecule has 0 aromatic heterocycles. The summed E-state index contributed by atoms with van der Waals surface area (Å²) >= 11 is 0. The van der Waals surface area contributed by atoms with Crippen molar-refractivity contribution in [2.24, 2.45) is 5.73 Å². The molecule has 0 saturated carbocycles. The molecule has 1 amide bonds. The first-order valence-electron chi connectivity index (χ1n) is 6.90. The van der Waals surface area contributed by atoms with Gasteiger partial charge in [-0.3, -0.25) is 4.79 Å². The maximum Gasteiger partial charge on any atom is 0.237 e. The third kappa shape index (κ3) is 3.81. The van der Waals surface area contributed by atoms with Gasteiger partial charge in [0.05, 0.1) is 6.04 Å². The Morgan fingerprint density at radius 2 is 1.80 bits per heavy atom. The topological polar surface area (TPSA) is 55.1 Å². The SMILES string of the molecule is CC(C)(C)NC(=O)C(N)Cc1ccc2ccccc2c1. The van der Waals surface area contributed by atoms with Crippen molar-refractivity contribution in [3.05, 3.63) is 48.0 Å². The predicted molar refractivity (Wildman–Crippen MR) is 83.5 cm³/mol. The summed E-state index contributed by atoms with van der Waals surface area (Å²) in [4.78, 5) is 12.0. The Labute approximate surface area is 120 Å². The van der Waals surface area contributed by atoms with Crippen LogP contribution in [-0.4, -0.2) is 17.5 Å². The van der Waals surface area contributed by atoms with Crippen molar-refractivity contribution in [3.8, 4) is 0 Å². The second-order valence-corrected chi connectivity index (χ2v) is 6.23. The molecule has 0 aliphatic heterocycles. The summed E-state index contributed by atoms with van der Waals surface area (Å²) in [6.45, 7) is 5.86. The molecule has 3 heteroatoms. The lowest BCUT2D eigenvalue weighted by Gasteiger charge is -2.23. The minimum atomic E-state index is -0.518. The molecule has 0 aliphatic rings. The lowest BCUT2D eigenvalue weighted by Crippen LogP contribution is -2.49. The van der Waals surface area contributed by atoms with E-state index in [0.29, 0.717) is 6.42 Å². The highest BCUT2D eigenvalue weighted by molar-refractivity contribution is 5.84. The van der Waals surface area contributed by atoms with E-state index in [0.717, 1.165) is 5.56 Å². The summed E-state index contributed by atoms with van der Waals surface area (Å²) in [5.41, 5.74) is 6.82. The summed E-state index contributed by atoms with van der Waals surface area (Å²) in [6.07, 6.45) is 0.548. The fraction of sp³-hybridized carbons (Fsp3) is 0.353. The van der Waals surface area contributed by atoms with Crippen LogP contribution in [0.1, 0.15) is 26.3 Å². The second kappa shape index (κ2) is 5.63. The van der Waals surface area contributed by atoms with E-state index < -0.39 is 6.04 Å². The van der Waals surface area contributed by atoms with Crippen LogP contribution >= 0.6 is 0 Å². The van der Waals surface area contributed by atoms with Crippen LogP contribution in [0.5, 0.6) is 0 Å². The van der Waals surface area contributed by atoms with Crippen LogP contribution in [0.2, 0.25) is 0 Å². The molecular weight excluding hydrogens is 248 g/mol. The van der Waals surface area contributed by atoms with Crippen LogP contribution < -0.4 is 11.1 Å². The second-order valence-electron chi connectivity index (χ2n) is 6.23. The molecule has 1 atom stereocenters. The number of fused-ring (bicyclic) bond motifs is 1. The van der Waals surface area contributed by atoms with E-state index in [9.17, 15) is 4.79 Å². The maximum absolute atomic E-state index is 12.0. The molecule has 0 bridgehead atoms.